The Morgan fingerprint density at radius 2 is 1.81 bits per heavy atom. The molecule has 6 nitrogen and oxygen atoms in total. The first-order valence-electron chi connectivity index (χ1n) is 7.35. The van der Waals surface area contributed by atoms with Crippen LogP contribution in [0.4, 0.5) is 32.2 Å². The first-order valence-corrected chi connectivity index (χ1v) is 7.35. The molecule has 0 atom stereocenters. The van der Waals surface area contributed by atoms with E-state index in [9.17, 15) is 26.3 Å². The number of nitrogens with zero attached hydrogens (tertiary/aromatic N) is 4. The molecule has 0 bridgehead atoms. The van der Waals surface area contributed by atoms with Gasteiger partial charge in [-0.15, -0.1) is 0 Å². The first-order chi connectivity index (χ1) is 12.6. The number of ether oxygens (including phenoxy) is 1. The Hall–Kier alpha value is -3.05. The van der Waals surface area contributed by atoms with Crippen LogP contribution < -0.4 is 10.1 Å². The van der Waals surface area contributed by atoms with E-state index in [0.717, 1.165) is 16.9 Å². The Bertz CT molecular complexity index is 965. The van der Waals surface area contributed by atoms with Crippen LogP contribution in [0.5, 0.6) is 5.75 Å². The van der Waals surface area contributed by atoms with Crippen molar-refractivity contribution in [3.05, 3.63) is 47.4 Å². The molecule has 144 valence electrons. The summed E-state index contributed by atoms with van der Waals surface area (Å²) in [5, 5.41) is 6.26. The molecule has 12 heteroatoms. The van der Waals surface area contributed by atoms with Crippen molar-refractivity contribution in [1.29, 1.82) is 0 Å². The van der Waals surface area contributed by atoms with Crippen LogP contribution in [-0.2, 0) is 18.9 Å². The third-order valence-corrected chi connectivity index (χ3v) is 3.62. The van der Waals surface area contributed by atoms with Gasteiger partial charge in [0.25, 0.3) is 5.78 Å². The van der Waals surface area contributed by atoms with Gasteiger partial charge in [-0.2, -0.15) is 40.9 Å². The Morgan fingerprint density at radius 1 is 1.07 bits per heavy atom. The average molecular weight is 391 g/mol. The maximum absolute atomic E-state index is 13.2. The fourth-order valence-electron chi connectivity index (χ4n) is 2.37. The Kier molecular flexibility index (Phi) is 4.57. The molecule has 0 fully saturated rings. The van der Waals surface area contributed by atoms with Gasteiger partial charge in [0.1, 0.15) is 17.9 Å². The number of alkyl halides is 6. The van der Waals surface area contributed by atoms with Gasteiger partial charge in [0.15, 0.2) is 5.69 Å². The number of methoxy groups -OCH3 is 1. The summed E-state index contributed by atoms with van der Waals surface area (Å²) in [6.45, 7) is -0.408. The molecule has 0 saturated carbocycles. The van der Waals surface area contributed by atoms with E-state index in [0.29, 0.717) is 6.07 Å². The summed E-state index contributed by atoms with van der Waals surface area (Å²) in [6.07, 6.45) is -8.42. The minimum Gasteiger partial charge on any atom is -0.497 e. The largest absolute Gasteiger partial charge is 0.497 e. The van der Waals surface area contributed by atoms with Crippen LogP contribution in [-0.4, -0.2) is 26.7 Å². The number of aromatic nitrogens is 4. The van der Waals surface area contributed by atoms with E-state index in [1.165, 1.54) is 19.2 Å². The number of rotatable bonds is 4. The summed E-state index contributed by atoms with van der Waals surface area (Å²) >= 11 is 0. The summed E-state index contributed by atoms with van der Waals surface area (Å²) in [6, 6.07) is 3.97. The highest BCUT2D eigenvalue weighted by Crippen LogP contribution is 2.35. The summed E-state index contributed by atoms with van der Waals surface area (Å²) in [4.78, 5) is 6.92. The molecule has 0 aliphatic heterocycles. The lowest BCUT2D eigenvalue weighted by atomic mass is 10.1. The normalized spacial score (nSPS) is 12.4. The maximum atomic E-state index is 13.2. The number of nitrogens with one attached hydrogen (secondary N) is 1. The second-order valence-corrected chi connectivity index (χ2v) is 5.37. The van der Waals surface area contributed by atoms with Crippen LogP contribution in [0, 0.1) is 0 Å². The third-order valence-electron chi connectivity index (χ3n) is 3.62. The van der Waals surface area contributed by atoms with E-state index in [-0.39, 0.29) is 22.9 Å². The molecule has 0 aliphatic carbocycles. The highest BCUT2D eigenvalue weighted by Gasteiger charge is 2.35. The van der Waals surface area contributed by atoms with Crippen molar-refractivity contribution in [2.75, 3.05) is 12.4 Å². The molecule has 0 unspecified atom stereocenters. The number of fused-ring (bicyclic) bond motifs is 1. The van der Waals surface area contributed by atoms with Gasteiger partial charge in [-0.25, -0.2) is 4.98 Å². The van der Waals surface area contributed by atoms with Crippen LogP contribution in [0.25, 0.3) is 5.78 Å². The standard InChI is InChI=1S/C15H11F6N5O/c1-27-9-3-2-8(10(4-9)14(16,17)18)6-22-12-5-11(15(19,20)21)25-13-23-7-24-26(12)13/h2-5,7,22H,6H2,1H3. The molecule has 0 amide bonds. The predicted octanol–water partition coefficient (Wildman–Crippen LogP) is 3.78. The van der Waals surface area contributed by atoms with Crippen molar-refractivity contribution >= 4 is 11.6 Å². The topological polar surface area (TPSA) is 64.3 Å². The van der Waals surface area contributed by atoms with Gasteiger partial charge < -0.3 is 10.1 Å². The monoisotopic (exact) mass is 391 g/mol. The number of hydrogen-bond acceptors (Lipinski definition) is 5. The van der Waals surface area contributed by atoms with E-state index in [1.54, 1.807) is 0 Å². The Balaban J connectivity index is 1.97. The Labute approximate surface area is 147 Å². The molecule has 1 aromatic carbocycles. The van der Waals surface area contributed by atoms with Crippen molar-refractivity contribution in [3.8, 4) is 5.75 Å². The molecular weight excluding hydrogens is 380 g/mol. The zero-order chi connectivity index (χ0) is 19.8. The lowest BCUT2D eigenvalue weighted by molar-refractivity contribution is -0.141. The number of anilines is 1. The number of hydrogen-bond donors (Lipinski definition) is 1. The maximum Gasteiger partial charge on any atom is 0.433 e. The number of benzene rings is 1. The molecule has 3 aromatic rings. The first kappa shape index (κ1) is 18.7. The van der Waals surface area contributed by atoms with Crippen LogP contribution >= 0.6 is 0 Å². The van der Waals surface area contributed by atoms with Crippen molar-refractivity contribution < 1.29 is 31.1 Å². The van der Waals surface area contributed by atoms with Gasteiger partial charge in [-0.05, 0) is 17.7 Å². The molecule has 3 rings (SSSR count). The van der Waals surface area contributed by atoms with Gasteiger partial charge in [0.2, 0.25) is 0 Å². The smallest absolute Gasteiger partial charge is 0.433 e. The van der Waals surface area contributed by atoms with Crippen LogP contribution in [0.3, 0.4) is 0 Å². The summed E-state index contributed by atoms with van der Waals surface area (Å²) in [5.41, 5.74) is -2.38. The quantitative estimate of drug-likeness (QED) is 0.686. The number of halogens is 6. The molecule has 2 aromatic heterocycles. The zero-order valence-corrected chi connectivity index (χ0v) is 13.6. The second kappa shape index (κ2) is 6.59. The van der Waals surface area contributed by atoms with Crippen LogP contribution in [0.1, 0.15) is 16.8 Å². The predicted molar refractivity (Wildman–Crippen MR) is 81.1 cm³/mol. The highest BCUT2D eigenvalue weighted by atomic mass is 19.4. The molecule has 2 heterocycles. The van der Waals surface area contributed by atoms with E-state index < -0.39 is 30.2 Å². The van der Waals surface area contributed by atoms with Crippen molar-refractivity contribution in [3.63, 3.8) is 0 Å². The van der Waals surface area contributed by atoms with Crippen LogP contribution in [0.15, 0.2) is 30.6 Å². The minimum atomic E-state index is -4.75. The summed E-state index contributed by atoms with van der Waals surface area (Å²) in [5.74, 6) is -0.528. The van der Waals surface area contributed by atoms with E-state index in [4.69, 9.17) is 4.74 Å². The second-order valence-electron chi connectivity index (χ2n) is 5.37. The third kappa shape index (κ3) is 3.88. The molecule has 0 aliphatic rings. The molecular formula is C15H11F6N5O. The molecule has 1 N–H and O–H groups in total. The van der Waals surface area contributed by atoms with Crippen LogP contribution in [0.2, 0.25) is 0 Å². The Morgan fingerprint density at radius 3 is 2.44 bits per heavy atom. The van der Waals surface area contributed by atoms with E-state index in [1.807, 2.05) is 0 Å². The zero-order valence-electron chi connectivity index (χ0n) is 13.6. The lowest BCUT2D eigenvalue weighted by Gasteiger charge is -2.16. The molecule has 0 spiro atoms. The van der Waals surface area contributed by atoms with Gasteiger partial charge in [-0.3, -0.25) is 0 Å². The van der Waals surface area contributed by atoms with Gasteiger partial charge in [0.05, 0.1) is 12.7 Å². The molecule has 27 heavy (non-hydrogen) atoms. The average Bonchev–Trinajstić information content (AvgIpc) is 3.06. The molecule has 0 saturated heterocycles. The highest BCUT2D eigenvalue weighted by molar-refractivity contribution is 5.47. The lowest BCUT2D eigenvalue weighted by Crippen LogP contribution is -2.15. The SMILES string of the molecule is COc1ccc(CNc2cc(C(F)(F)F)nc3ncnn23)c(C(F)(F)F)c1. The van der Waals surface area contributed by atoms with E-state index in [2.05, 4.69) is 20.4 Å². The fraction of sp³-hybridized carbons (Fsp3) is 0.267. The van der Waals surface area contributed by atoms with Crippen molar-refractivity contribution in [2.45, 2.75) is 18.9 Å². The minimum absolute atomic E-state index is 0.00742. The fourth-order valence-corrected chi connectivity index (χ4v) is 2.37. The summed E-state index contributed by atoms with van der Waals surface area (Å²) in [7, 11) is 1.23. The van der Waals surface area contributed by atoms with E-state index >= 15 is 0 Å². The van der Waals surface area contributed by atoms with Crippen molar-refractivity contribution in [1.82, 2.24) is 19.6 Å². The summed E-state index contributed by atoms with van der Waals surface area (Å²) < 4.78 is 84.4. The van der Waals surface area contributed by atoms with Crippen molar-refractivity contribution in [2.24, 2.45) is 0 Å². The van der Waals surface area contributed by atoms with Gasteiger partial charge in [-0.1, -0.05) is 6.07 Å². The van der Waals surface area contributed by atoms with Gasteiger partial charge in [0, 0.05) is 12.6 Å². The molecule has 0 radical (unpaired) electrons. The van der Waals surface area contributed by atoms with Gasteiger partial charge >= 0.3 is 12.4 Å².